The molecule has 0 aromatic heterocycles. The Morgan fingerprint density at radius 1 is 0.476 bits per heavy atom. The van der Waals surface area contributed by atoms with E-state index < -0.39 is 0 Å². The molecule has 1 atom stereocenters. The Balaban J connectivity index is 0.000000330. The fraction of sp³-hybridized carbons (Fsp3) is 0.424. The minimum Gasteiger partial charge on any atom is -0.698 e. The maximum Gasteiger partial charge on any atom is 3.00 e. The molecule has 0 fully saturated rings. The molecule has 0 aliphatic carbocycles. The van der Waals surface area contributed by atoms with Gasteiger partial charge in [0.15, 0.2) is 0 Å². The van der Waals surface area contributed by atoms with E-state index in [1.54, 1.807) is 0 Å². The molecule has 5 aromatic carbocycles. The summed E-state index contributed by atoms with van der Waals surface area (Å²) in [7, 11) is 0. The van der Waals surface area contributed by atoms with Crippen LogP contribution >= 0.6 is 0 Å². The van der Waals surface area contributed by atoms with E-state index in [-0.39, 0.29) is 23.3 Å². The van der Waals surface area contributed by atoms with Crippen molar-refractivity contribution in [2.45, 2.75) is 165 Å². The van der Waals surface area contributed by atoms with Crippen molar-refractivity contribution < 1.29 is 0 Å². The van der Waals surface area contributed by atoms with Gasteiger partial charge in [-0.3, -0.25) is 4.99 Å². The van der Waals surface area contributed by atoms with Crippen molar-refractivity contribution in [1.29, 1.82) is 0 Å². The van der Waals surface area contributed by atoms with Gasteiger partial charge in [-0.2, -0.15) is 5.70 Å². The zero-order chi connectivity index (χ0) is 46.2. The second-order valence-corrected chi connectivity index (χ2v) is 19.6. The van der Waals surface area contributed by atoms with Gasteiger partial charge in [-0.15, -0.1) is 17.3 Å². The second-order valence-electron chi connectivity index (χ2n) is 19.6. The summed E-state index contributed by atoms with van der Waals surface area (Å²) in [5.74, 6) is 3.09. The van der Waals surface area contributed by atoms with Crippen LogP contribution in [0.4, 0.5) is 17.1 Å². The smallest absolute Gasteiger partial charge is 0.698 e. The predicted octanol–water partition coefficient (Wildman–Crippen LogP) is 19.5. The molecule has 1 unspecified atom stereocenters. The van der Waals surface area contributed by atoms with E-state index in [9.17, 15) is 5.73 Å². The summed E-state index contributed by atoms with van der Waals surface area (Å²) in [6, 6.07) is 32.7. The molecule has 5 rings (SSSR count). The molecule has 4 heteroatoms. The van der Waals surface area contributed by atoms with E-state index in [0.29, 0.717) is 47.1 Å². The largest absolute Gasteiger partial charge is 3.00 e. The van der Waals surface area contributed by atoms with Crippen LogP contribution in [0, 0.1) is 6.92 Å². The first-order valence-corrected chi connectivity index (χ1v) is 23.3. The van der Waals surface area contributed by atoms with Crippen molar-refractivity contribution in [2.24, 2.45) is 4.99 Å². The summed E-state index contributed by atoms with van der Waals surface area (Å²) in [5.41, 5.74) is 29.1. The second kappa shape index (κ2) is 23.5. The van der Waals surface area contributed by atoms with Gasteiger partial charge in [0.25, 0.3) is 0 Å². The van der Waals surface area contributed by atoms with E-state index in [4.69, 9.17) is 10.3 Å². The Labute approximate surface area is 395 Å². The average molecular weight is 856 g/mol. The molecule has 332 valence electrons. The van der Waals surface area contributed by atoms with Gasteiger partial charge in [0, 0.05) is 5.71 Å². The van der Waals surface area contributed by atoms with Gasteiger partial charge in [0.2, 0.25) is 0 Å². The summed E-state index contributed by atoms with van der Waals surface area (Å²) < 4.78 is 0. The van der Waals surface area contributed by atoms with Crippen LogP contribution in [0.5, 0.6) is 0 Å². The zero-order valence-electron chi connectivity index (χ0n) is 42.0. The van der Waals surface area contributed by atoms with Gasteiger partial charge in [0.1, 0.15) is 0 Å². The van der Waals surface area contributed by atoms with Crippen molar-refractivity contribution in [3.8, 4) is 22.3 Å². The number of allylic oxidation sites excluding steroid dienone is 2. The zero-order valence-corrected chi connectivity index (χ0v) is 43.2. The Bertz CT molecular complexity index is 2150. The maximum absolute atomic E-state index is 9.37. The Kier molecular flexibility index (Phi) is 19.8. The minimum absolute atomic E-state index is 0. The molecular formula is C59H78AlN3. The minimum atomic E-state index is 0. The molecular weight excluding hydrogens is 778 g/mol. The number of nitrogens with zero attached hydrogens (tertiary/aromatic N) is 2. The molecule has 5 aromatic rings. The normalized spacial score (nSPS) is 12.7. The van der Waals surface area contributed by atoms with Crippen LogP contribution < -0.4 is 0 Å². The fourth-order valence-electron chi connectivity index (χ4n) is 8.63. The molecule has 0 bridgehead atoms. The van der Waals surface area contributed by atoms with Crippen LogP contribution in [-0.4, -0.2) is 23.1 Å². The van der Waals surface area contributed by atoms with Crippen molar-refractivity contribution in [1.82, 2.24) is 0 Å². The van der Waals surface area contributed by atoms with Crippen LogP contribution in [0.1, 0.15) is 210 Å². The summed E-state index contributed by atoms with van der Waals surface area (Å²) in [6.07, 6.45) is 2.09. The Morgan fingerprint density at radius 3 is 1.11 bits per heavy atom. The number of benzene rings is 5. The van der Waals surface area contributed by atoms with Crippen molar-refractivity contribution in [2.75, 3.05) is 0 Å². The number of rotatable bonds is 14. The Hall–Kier alpha value is -4.36. The van der Waals surface area contributed by atoms with E-state index in [1.807, 2.05) is 0 Å². The third-order valence-corrected chi connectivity index (χ3v) is 11.9. The van der Waals surface area contributed by atoms with Gasteiger partial charge in [-0.1, -0.05) is 219 Å². The molecule has 0 aliphatic rings. The number of nitrogens with one attached hydrogen (secondary N) is 1. The number of aliphatic imine (C=N–C) groups is 1. The molecule has 1 N–H and O–H groups in total. The third kappa shape index (κ3) is 12.9. The van der Waals surface area contributed by atoms with Crippen LogP contribution in [-0.2, 0) is 0 Å². The summed E-state index contributed by atoms with van der Waals surface area (Å²) in [6.45, 7) is 41.9. The maximum atomic E-state index is 9.37. The van der Waals surface area contributed by atoms with Gasteiger partial charge in [0.05, 0.1) is 5.69 Å². The van der Waals surface area contributed by atoms with Crippen LogP contribution in [0.3, 0.4) is 0 Å². The molecule has 0 aliphatic heterocycles. The van der Waals surface area contributed by atoms with Crippen LogP contribution in [0.2, 0.25) is 0 Å². The summed E-state index contributed by atoms with van der Waals surface area (Å²) in [4.78, 5) is 5.04. The van der Waals surface area contributed by atoms with E-state index in [2.05, 4.69) is 222 Å². The first kappa shape index (κ1) is 53.0. The summed E-state index contributed by atoms with van der Waals surface area (Å²) in [5, 5.41) is 5.07. The first-order chi connectivity index (χ1) is 29.2. The SMILES string of the molecule is CC(C)c1cccc(C(C)C)c1-c1cccc(-c2c(C(C)C)cccc2C(C)C)c1[NH-].[Al+3].[CH2-]C(C)c1cccc(C(C)C)c1N=C(C)/C=C(\C)[N-]c1c(C(C)C)cccc1C(C)C. The van der Waals surface area contributed by atoms with Crippen molar-refractivity contribution in [3.05, 3.63) is 165 Å². The van der Waals surface area contributed by atoms with Gasteiger partial charge >= 0.3 is 17.4 Å². The molecule has 0 amide bonds. The molecule has 0 radical (unpaired) electrons. The molecule has 0 saturated heterocycles. The van der Waals surface area contributed by atoms with Gasteiger partial charge in [-0.25, -0.2) is 0 Å². The van der Waals surface area contributed by atoms with Crippen LogP contribution in [0.25, 0.3) is 33.3 Å². The molecule has 0 heterocycles. The topological polar surface area (TPSA) is 50.3 Å². The number of hydrogen-bond donors (Lipinski definition) is 0. The fourth-order valence-corrected chi connectivity index (χ4v) is 8.63. The standard InChI is InChI=1S/C30H38N.C29H40N2.Al/c1-18(2)22-12-9-13-23(19(3)4)28(22)26-16-11-17-27(30(26)31)29-24(20(5)6)14-10-15-25(29)21(7)8;1-18(2)24-13-11-14-25(19(3)4)28(24)30-22(9)17-23(10)31-29-26(20(5)6)15-12-16-27(29)21(7)8;/h9-21,31H,1-8H3;11-21H,1H2,2-10H3;/q-1;-2;+3/b;23-17+,30-22?;. The van der Waals surface area contributed by atoms with E-state index in [0.717, 1.165) is 33.9 Å². The van der Waals surface area contributed by atoms with E-state index in [1.165, 1.54) is 55.6 Å². The number of hydrogen-bond acceptors (Lipinski definition) is 1. The Morgan fingerprint density at radius 2 is 0.778 bits per heavy atom. The average Bonchev–Trinajstić information content (AvgIpc) is 3.20. The van der Waals surface area contributed by atoms with Crippen LogP contribution in [0.15, 0.2) is 108 Å². The summed E-state index contributed by atoms with van der Waals surface area (Å²) >= 11 is 0. The predicted molar refractivity (Wildman–Crippen MR) is 282 cm³/mol. The number of para-hydroxylation sites is 2. The first-order valence-electron chi connectivity index (χ1n) is 23.3. The van der Waals surface area contributed by atoms with Gasteiger partial charge in [-0.05, 0) is 104 Å². The van der Waals surface area contributed by atoms with Crippen molar-refractivity contribution >= 4 is 40.1 Å². The van der Waals surface area contributed by atoms with Gasteiger partial charge < -0.3 is 18.0 Å². The van der Waals surface area contributed by atoms with Crippen molar-refractivity contribution in [3.63, 3.8) is 0 Å². The third-order valence-electron chi connectivity index (χ3n) is 11.9. The molecule has 3 nitrogen and oxygen atoms in total. The molecule has 0 spiro atoms. The van der Waals surface area contributed by atoms with E-state index >= 15 is 0 Å². The molecule has 0 saturated carbocycles. The molecule has 63 heavy (non-hydrogen) atoms. The monoisotopic (exact) mass is 856 g/mol. The quantitative estimate of drug-likeness (QED) is 0.0607.